The number of carboxylic acid groups (broad SMARTS) is 1. The number of rotatable bonds is 3. The second-order valence-corrected chi connectivity index (χ2v) is 2.55. The normalized spacial score (nSPS) is 24.6. The van der Waals surface area contributed by atoms with E-state index in [9.17, 15) is 4.79 Å². The van der Waals surface area contributed by atoms with Crippen LogP contribution in [0, 0.1) is 0 Å². The molecule has 5 nitrogen and oxygen atoms in total. The maximum absolute atomic E-state index is 10.3. The molecule has 2 unspecified atom stereocenters. The Morgan fingerprint density at radius 1 is 2.00 bits per heavy atom. The minimum absolute atomic E-state index is 0.0982. The molecule has 0 saturated heterocycles. The molecular weight excluding hydrogens is 146 g/mol. The summed E-state index contributed by atoms with van der Waals surface area (Å²) in [5.74, 6) is -0.960. The van der Waals surface area contributed by atoms with E-state index in [2.05, 4.69) is 10.5 Å². The standard InChI is InChI=1S/C6H11N3O2/c7-5(6(10)11)3-4-1-2-8-9-4/h2,4-5,9H,1,3,7H2,(H,10,11). The predicted octanol–water partition coefficient (Wildman–Crippen LogP) is -0.864. The van der Waals surface area contributed by atoms with Gasteiger partial charge in [0.05, 0.1) is 6.04 Å². The van der Waals surface area contributed by atoms with Gasteiger partial charge in [-0.3, -0.25) is 4.79 Å². The maximum atomic E-state index is 10.3. The second-order valence-electron chi connectivity index (χ2n) is 2.55. The topological polar surface area (TPSA) is 87.7 Å². The molecule has 0 aromatic rings. The Kier molecular flexibility index (Phi) is 2.43. The summed E-state index contributed by atoms with van der Waals surface area (Å²) in [5.41, 5.74) is 8.07. The average molecular weight is 157 g/mol. The summed E-state index contributed by atoms with van der Waals surface area (Å²) in [5, 5.41) is 12.2. The summed E-state index contributed by atoms with van der Waals surface area (Å²) in [4.78, 5) is 10.3. The molecule has 0 fully saturated rings. The molecule has 0 radical (unpaired) electrons. The lowest BCUT2D eigenvalue weighted by molar-refractivity contribution is -0.138. The molecule has 62 valence electrons. The molecule has 0 aliphatic carbocycles. The van der Waals surface area contributed by atoms with Crippen LogP contribution in [0.5, 0.6) is 0 Å². The summed E-state index contributed by atoms with van der Waals surface area (Å²) >= 11 is 0. The number of nitrogens with one attached hydrogen (secondary N) is 1. The quantitative estimate of drug-likeness (QED) is 0.497. The zero-order valence-electron chi connectivity index (χ0n) is 6.03. The highest BCUT2D eigenvalue weighted by atomic mass is 16.4. The van der Waals surface area contributed by atoms with Crippen molar-refractivity contribution in [2.45, 2.75) is 24.9 Å². The van der Waals surface area contributed by atoms with E-state index in [-0.39, 0.29) is 6.04 Å². The SMILES string of the molecule is NC(CC1CC=NN1)C(=O)O. The Balaban J connectivity index is 2.25. The molecule has 5 heteroatoms. The Labute approximate surface area is 64.3 Å². The number of carbonyl (C=O) groups is 1. The average Bonchev–Trinajstić information content (AvgIpc) is 2.39. The van der Waals surface area contributed by atoms with Crippen molar-refractivity contribution in [3.63, 3.8) is 0 Å². The maximum Gasteiger partial charge on any atom is 0.320 e. The summed E-state index contributed by atoms with van der Waals surface area (Å²) in [6.07, 6.45) is 2.91. The predicted molar refractivity (Wildman–Crippen MR) is 40.3 cm³/mol. The van der Waals surface area contributed by atoms with Gasteiger partial charge in [-0.15, -0.1) is 0 Å². The van der Waals surface area contributed by atoms with Gasteiger partial charge in [0.1, 0.15) is 6.04 Å². The Hall–Kier alpha value is -1.10. The first-order chi connectivity index (χ1) is 5.20. The number of hydrazone groups is 1. The lowest BCUT2D eigenvalue weighted by atomic mass is 10.1. The van der Waals surface area contributed by atoms with E-state index in [1.165, 1.54) is 0 Å². The van der Waals surface area contributed by atoms with Gasteiger partial charge >= 0.3 is 5.97 Å². The minimum Gasteiger partial charge on any atom is -0.480 e. The summed E-state index contributed by atoms with van der Waals surface area (Å²) in [6, 6.07) is -0.685. The number of carboxylic acids is 1. The number of aliphatic carboxylic acids is 1. The van der Waals surface area contributed by atoms with Crippen molar-refractivity contribution in [3.05, 3.63) is 0 Å². The van der Waals surface area contributed by atoms with E-state index in [1.54, 1.807) is 6.21 Å². The van der Waals surface area contributed by atoms with E-state index in [0.29, 0.717) is 6.42 Å². The lowest BCUT2D eigenvalue weighted by Gasteiger charge is -2.11. The first-order valence-corrected chi connectivity index (χ1v) is 3.45. The fraction of sp³-hybridized carbons (Fsp3) is 0.667. The molecule has 0 aromatic carbocycles. The largest absolute Gasteiger partial charge is 0.480 e. The van der Waals surface area contributed by atoms with Gasteiger partial charge in [-0.2, -0.15) is 5.10 Å². The van der Waals surface area contributed by atoms with Crippen LogP contribution in [-0.4, -0.2) is 29.4 Å². The van der Waals surface area contributed by atoms with Gasteiger partial charge in [0.2, 0.25) is 0 Å². The van der Waals surface area contributed by atoms with Gasteiger partial charge in [-0.25, -0.2) is 0 Å². The molecule has 2 atom stereocenters. The zero-order valence-corrected chi connectivity index (χ0v) is 6.03. The molecule has 0 bridgehead atoms. The van der Waals surface area contributed by atoms with E-state index in [1.807, 2.05) is 0 Å². The van der Waals surface area contributed by atoms with Gasteiger partial charge in [-0.1, -0.05) is 0 Å². The zero-order chi connectivity index (χ0) is 8.27. The Morgan fingerprint density at radius 2 is 2.73 bits per heavy atom. The van der Waals surface area contributed by atoms with Crippen LogP contribution in [0.1, 0.15) is 12.8 Å². The van der Waals surface area contributed by atoms with Crippen molar-refractivity contribution in [3.8, 4) is 0 Å². The van der Waals surface area contributed by atoms with Crippen LogP contribution >= 0.6 is 0 Å². The van der Waals surface area contributed by atoms with E-state index in [4.69, 9.17) is 10.8 Å². The second kappa shape index (κ2) is 3.34. The highest BCUT2D eigenvalue weighted by Gasteiger charge is 2.19. The Morgan fingerprint density at radius 3 is 3.18 bits per heavy atom. The third-order valence-electron chi connectivity index (χ3n) is 1.59. The molecule has 0 aromatic heterocycles. The summed E-state index contributed by atoms with van der Waals surface area (Å²) in [7, 11) is 0. The third kappa shape index (κ3) is 2.19. The molecule has 1 aliphatic heterocycles. The van der Waals surface area contributed by atoms with Gasteiger partial charge < -0.3 is 16.3 Å². The van der Waals surface area contributed by atoms with Crippen molar-refractivity contribution in [2.75, 3.05) is 0 Å². The molecule has 0 saturated carbocycles. The monoisotopic (exact) mass is 157 g/mol. The fourth-order valence-electron chi connectivity index (χ4n) is 0.947. The number of hydrogen-bond acceptors (Lipinski definition) is 4. The smallest absolute Gasteiger partial charge is 0.320 e. The van der Waals surface area contributed by atoms with Crippen molar-refractivity contribution in [1.82, 2.24) is 5.43 Å². The highest BCUT2D eigenvalue weighted by Crippen LogP contribution is 2.03. The number of nitrogens with two attached hydrogens (primary N) is 1. The van der Waals surface area contributed by atoms with Crippen molar-refractivity contribution in [2.24, 2.45) is 10.8 Å². The lowest BCUT2D eigenvalue weighted by Crippen LogP contribution is -2.36. The van der Waals surface area contributed by atoms with Crippen LogP contribution in [0.15, 0.2) is 5.10 Å². The van der Waals surface area contributed by atoms with Crippen LogP contribution in [0.25, 0.3) is 0 Å². The molecule has 1 heterocycles. The van der Waals surface area contributed by atoms with Gasteiger partial charge in [0.15, 0.2) is 0 Å². The first kappa shape index (κ1) is 8.00. The molecule has 1 aliphatic rings. The molecule has 0 spiro atoms. The summed E-state index contributed by atoms with van der Waals surface area (Å²) < 4.78 is 0. The van der Waals surface area contributed by atoms with Crippen molar-refractivity contribution >= 4 is 12.2 Å². The van der Waals surface area contributed by atoms with Crippen LogP contribution < -0.4 is 11.2 Å². The van der Waals surface area contributed by atoms with Gasteiger partial charge in [0, 0.05) is 12.6 Å². The van der Waals surface area contributed by atoms with E-state index < -0.39 is 12.0 Å². The van der Waals surface area contributed by atoms with Crippen LogP contribution in [0.3, 0.4) is 0 Å². The van der Waals surface area contributed by atoms with E-state index >= 15 is 0 Å². The summed E-state index contributed by atoms with van der Waals surface area (Å²) in [6.45, 7) is 0. The van der Waals surface area contributed by atoms with E-state index in [0.717, 1.165) is 6.42 Å². The third-order valence-corrected chi connectivity index (χ3v) is 1.59. The molecule has 4 N–H and O–H groups in total. The molecule has 1 rings (SSSR count). The minimum atomic E-state index is -0.960. The first-order valence-electron chi connectivity index (χ1n) is 3.45. The van der Waals surface area contributed by atoms with Crippen LogP contribution in [0.4, 0.5) is 0 Å². The Bertz CT molecular complexity index is 173. The number of hydrogen-bond donors (Lipinski definition) is 3. The molecule has 11 heavy (non-hydrogen) atoms. The molecular formula is C6H11N3O2. The highest BCUT2D eigenvalue weighted by molar-refractivity contribution is 5.73. The van der Waals surface area contributed by atoms with Gasteiger partial charge in [-0.05, 0) is 6.42 Å². The van der Waals surface area contributed by atoms with Gasteiger partial charge in [0.25, 0.3) is 0 Å². The fourth-order valence-corrected chi connectivity index (χ4v) is 0.947. The van der Waals surface area contributed by atoms with Crippen molar-refractivity contribution < 1.29 is 9.90 Å². The van der Waals surface area contributed by atoms with Crippen LogP contribution in [-0.2, 0) is 4.79 Å². The molecule has 0 amide bonds. The van der Waals surface area contributed by atoms with Crippen LogP contribution in [0.2, 0.25) is 0 Å². The van der Waals surface area contributed by atoms with Crippen molar-refractivity contribution in [1.29, 1.82) is 0 Å². The number of nitrogens with zero attached hydrogens (tertiary/aromatic N) is 1.